The molecule has 1 aliphatic heterocycles. The number of benzene rings is 2. The van der Waals surface area contributed by atoms with E-state index in [0.29, 0.717) is 44.2 Å². The first kappa shape index (κ1) is 29.8. The molecule has 1 aliphatic rings. The number of carbonyl (C=O) groups is 3. The number of sulfonamides is 1. The SMILES string of the molecule is NC(N)=NCCCC(=O)Cc1ccc(C[C@H](NC(=O)[C@@H]2CCCCN2S(=O)(=O)c2ccccc2)C(=O)O)cc1. The second kappa shape index (κ2) is 13.9. The first-order chi connectivity index (χ1) is 18.6. The van der Waals surface area contributed by atoms with Crippen molar-refractivity contribution in [3.8, 4) is 0 Å². The van der Waals surface area contributed by atoms with Crippen molar-refractivity contribution >= 4 is 33.6 Å². The number of guanidine groups is 1. The Balaban J connectivity index is 1.62. The summed E-state index contributed by atoms with van der Waals surface area (Å²) in [4.78, 5) is 41.3. The summed E-state index contributed by atoms with van der Waals surface area (Å²) in [6.45, 7) is 0.563. The van der Waals surface area contributed by atoms with E-state index in [-0.39, 0.29) is 36.0 Å². The van der Waals surface area contributed by atoms with Crippen LogP contribution in [0.1, 0.15) is 43.2 Å². The number of carboxylic acid groups (broad SMARTS) is 1. The number of nitrogens with one attached hydrogen (secondary N) is 1. The molecule has 2 aromatic rings. The van der Waals surface area contributed by atoms with Crippen LogP contribution in [0.4, 0.5) is 0 Å². The Kier molecular flexibility index (Phi) is 10.6. The molecule has 0 unspecified atom stereocenters. The van der Waals surface area contributed by atoms with Gasteiger partial charge in [-0.2, -0.15) is 4.31 Å². The van der Waals surface area contributed by atoms with Gasteiger partial charge in [0, 0.05) is 32.4 Å². The summed E-state index contributed by atoms with van der Waals surface area (Å²) in [6, 6.07) is 12.6. The molecule has 210 valence electrons. The van der Waals surface area contributed by atoms with E-state index in [1.165, 1.54) is 16.4 Å². The first-order valence-electron chi connectivity index (χ1n) is 12.8. The van der Waals surface area contributed by atoms with Crippen molar-refractivity contribution in [2.24, 2.45) is 16.5 Å². The number of nitrogens with two attached hydrogens (primary N) is 2. The number of amides is 1. The average Bonchev–Trinajstić information content (AvgIpc) is 2.92. The van der Waals surface area contributed by atoms with Crippen LogP contribution in [0.3, 0.4) is 0 Å². The van der Waals surface area contributed by atoms with Gasteiger partial charge >= 0.3 is 5.97 Å². The summed E-state index contributed by atoms with van der Waals surface area (Å²) in [5, 5.41) is 12.3. The van der Waals surface area contributed by atoms with E-state index in [9.17, 15) is 27.9 Å². The number of carbonyl (C=O) groups excluding carboxylic acids is 2. The van der Waals surface area contributed by atoms with Crippen molar-refractivity contribution in [1.29, 1.82) is 0 Å². The van der Waals surface area contributed by atoms with Gasteiger partial charge in [0.25, 0.3) is 0 Å². The molecule has 39 heavy (non-hydrogen) atoms. The van der Waals surface area contributed by atoms with Crippen molar-refractivity contribution in [1.82, 2.24) is 9.62 Å². The van der Waals surface area contributed by atoms with Crippen LogP contribution in [0.15, 0.2) is 64.5 Å². The number of hydrogen-bond acceptors (Lipinski definition) is 6. The van der Waals surface area contributed by atoms with Crippen LogP contribution in [-0.2, 0) is 37.2 Å². The molecule has 1 amide bonds. The molecule has 0 aliphatic carbocycles. The fourth-order valence-corrected chi connectivity index (χ4v) is 6.16. The molecule has 1 heterocycles. The summed E-state index contributed by atoms with van der Waals surface area (Å²) >= 11 is 0. The van der Waals surface area contributed by atoms with E-state index < -0.39 is 34.0 Å². The molecule has 0 spiro atoms. The van der Waals surface area contributed by atoms with Gasteiger partial charge in [-0.1, -0.05) is 48.9 Å². The highest BCUT2D eigenvalue weighted by atomic mass is 32.2. The molecule has 0 aromatic heterocycles. The van der Waals surface area contributed by atoms with Gasteiger partial charge in [0.1, 0.15) is 17.9 Å². The Bertz CT molecular complexity index is 1280. The zero-order valence-electron chi connectivity index (χ0n) is 21.7. The van der Waals surface area contributed by atoms with Gasteiger partial charge in [-0.15, -0.1) is 0 Å². The average molecular weight is 558 g/mol. The van der Waals surface area contributed by atoms with Crippen molar-refractivity contribution < 1.29 is 27.9 Å². The number of rotatable bonds is 13. The van der Waals surface area contributed by atoms with Crippen molar-refractivity contribution in [2.75, 3.05) is 13.1 Å². The Morgan fingerprint density at radius 3 is 2.33 bits per heavy atom. The van der Waals surface area contributed by atoms with E-state index in [4.69, 9.17) is 11.5 Å². The minimum atomic E-state index is -3.92. The number of aliphatic carboxylic acids is 1. The van der Waals surface area contributed by atoms with E-state index in [0.717, 1.165) is 5.56 Å². The van der Waals surface area contributed by atoms with Crippen LogP contribution in [0.2, 0.25) is 0 Å². The Hall–Kier alpha value is -3.77. The van der Waals surface area contributed by atoms with Crippen LogP contribution < -0.4 is 16.8 Å². The third kappa shape index (κ3) is 8.62. The number of Topliss-reactive ketones (excluding diaryl/α,β-unsaturated/α-hetero) is 1. The molecule has 11 nitrogen and oxygen atoms in total. The number of carboxylic acids is 1. The van der Waals surface area contributed by atoms with Crippen molar-refractivity contribution in [3.63, 3.8) is 0 Å². The first-order valence-corrected chi connectivity index (χ1v) is 14.3. The third-order valence-corrected chi connectivity index (χ3v) is 8.42. The van der Waals surface area contributed by atoms with Gasteiger partial charge in [-0.25, -0.2) is 13.2 Å². The lowest BCUT2D eigenvalue weighted by Crippen LogP contribution is -2.55. The summed E-state index contributed by atoms with van der Waals surface area (Å²) in [5.74, 6) is -1.84. The van der Waals surface area contributed by atoms with E-state index in [1.807, 2.05) is 0 Å². The molecule has 2 aromatic carbocycles. The Labute approximate surface area is 228 Å². The highest BCUT2D eigenvalue weighted by Crippen LogP contribution is 2.25. The fourth-order valence-electron chi connectivity index (χ4n) is 4.48. The van der Waals surface area contributed by atoms with Crippen molar-refractivity contribution in [3.05, 3.63) is 65.7 Å². The predicted molar refractivity (Wildman–Crippen MR) is 146 cm³/mol. The van der Waals surface area contributed by atoms with Crippen LogP contribution in [0.5, 0.6) is 0 Å². The zero-order chi connectivity index (χ0) is 28.4. The summed E-state index contributed by atoms with van der Waals surface area (Å²) < 4.78 is 27.6. The lowest BCUT2D eigenvalue weighted by atomic mass is 10.00. The molecule has 0 saturated carbocycles. The normalized spacial score (nSPS) is 16.7. The summed E-state index contributed by atoms with van der Waals surface area (Å²) in [6.07, 6.45) is 2.69. The zero-order valence-corrected chi connectivity index (χ0v) is 22.5. The maximum atomic E-state index is 13.2. The second-order valence-electron chi connectivity index (χ2n) is 9.49. The predicted octanol–water partition coefficient (Wildman–Crippen LogP) is 1.21. The van der Waals surface area contributed by atoms with Gasteiger partial charge < -0.3 is 21.9 Å². The van der Waals surface area contributed by atoms with Gasteiger partial charge in [-0.05, 0) is 42.5 Å². The minimum absolute atomic E-state index is 0.00592. The molecular formula is C27H35N5O6S. The second-order valence-corrected chi connectivity index (χ2v) is 11.4. The highest BCUT2D eigenvalue weighted by Gasteiger charge is 2.38. The van der Waals surface area contributed by atoms with Gasteiger partial charge in [-0.3, -0.25) is 14.6 Å². The molecule has 12 heteroatoms. The largest absolute Gasteiger partial charge is 0.480 e. The van der Waals surface area contributed by atoms with E-state index in [1.54, 1.807) is 42.5 Å². The molecule has 6 N–H and O–H groups in total. The molecular weight excluding hydrogens is 522 g/mol. The van der Waals surface area contributed by atoms with Gasteiger partial charge in [0.05, 0.1) is 4.90 Å². The standard InChI is InChI=1S/C27H35N5O6S/c28-27(29)30-15-6-7-21(33)17-19-11-13-20(14-12-19)18-23(26(35)36)31-25(34)24-10-4-5-16-32(24)39(37,38)22-8-2-1-3-9-22/h1-3,8-9,11-14,23-24H,4-7,10,15-18H2,(H,31,34)(H,35,36)(H4,28,29,30)/t23-,24-/m0/s1. The smallest absolute Gasteiger partial charge is 0.326 e. The number of ketones is 1. The molecule has 0 radical (unpaired) electrons. The van der Waals surface area contributed by atoms with Gasteiger partial charge in [0.2, 0.25) is 15.9 Å². The number of aliphatic imine (C=N–C) groups is 1. The lowest BCUT2D eigenvalue weighted by Gasteiger charge is -2.34. The quantitative estimate of drug-likeness (QED) is 0.161. The number of nitrogens with zero attached hydrogens (tertiary/aromatic N) is 2. The van der Waals surface area contributed by atoms with Crippen molar-refractivity contribution in [2.45, 2.75) is 61.9 Å². The van der Waals surface area contributed by atoms with Crippen LogP contribution >= 0.6 is 0 Å². The summed E-state index contributed by atoms with van der Waals surface area (Å²) in [7, 11) is -3.92. The van der Waals surface area contributed by atoms with Crippen LogP contribution in [-0.4, -0.2) is 66.6 Å². The molecule has 0 bridgehead atoms. The minimum Gasteiger partial charge on any atom is -0.480 e. The van der Waals surface area contributed by atoms with E-state index >= 15 is 0 Å². The monoisotopic (exact) mass is 557 g/mol. The Morgan fingerprint density at radius 2 is 1.69 bits per heavy atom. The number of hydrogen-bond donors (Lipinski definition) is 4. The third-order valence-electron chi connectivity index (χ3n) is 6.49. The number of piperidine rings is 1. The maximum Gasteiger partial charge on any atom is 0.326 e. The Morgan fingerprint density at radius 1 is 1.03 bits per heavy atom. The molecule has 3 rings (SSSR count). The lowest BCUT2D eigenvalue weighted by molar-refractivity contribution is -0.142. The van der Waals surface area contributed by atoms with Crippen LogP contribution in [0, 0.1) is 0 Å². The molecule has 2 atom stereocenters. The summed E-state index contributed by atoms with van der Waals surface area (Å²) in [5.41, 5.74) is 12.0. The maximum absolute atomic E-state index is 13.2. The fraction of sp³-hybridized carbons (Fsp3) is 0.407. The highest BCUT2D eigenvalue weighted by molar-refractivity contribution is 7.89. The molecule has 1 saturated heterocycles. The topological polar surface area (TPSA) is 185 Å². The van der Waals surface area contributed by atoms with Gasteiger partial charge in [0.15, 0.2) is 5.96 Å². The van der Waals surface area contributed by atoms with E-state index in [2.05, 4.69) is 10.3 Å². The van der Waals surface area contributed by atoms with Crippen LogP contribution in [0.25, 0.3) is 0 Å². The molecule has 1 fully saturated rings.